The Morgan fingerprint density at radius 3 is 2.67 bits per heavy atom. The summed E-state index contributed by atoms with van der Waals surface area (Å²) in [5.41, 5.74) is 0. The molecule has 2 aliphatic heterocycles. The zero-order valence-corrected chi connectivity index (χ0v) is 12.6. The molecule has 7 nitrogen and oxygen atoms in total. The summed E-state index contributed by atoms with van der Waals surface area (Å²) in [5.74, 6) is 1.45. The van der Waals surface area contributed by atoms with Crippen LogP contribution in [0.25, 0.3) is 0 Å². The van der Waals surface area contributed by atoms with E-state index in [1.807, 2.05) is 11.8 Å². The number of amides is 1. The number of carbonyl (C=O) groups excluding carboxylic acids is 1. The zero-order valence-electron chi connectivity index (χ0n) is 12.6. The van der Waals surface area contributed by atoms with Gasteiger partial charge < -0.3 is 14.2 Å². The molecule has 1 amide bonds. The van der Waals surface area contributed by atoms with Crippen LogP contribution < -0.4 is 0 Å². The van der Waals surface area contributed by atoms with E-state index < -0.39 is 0 Å². The summed E-state index contributed by atoms with van der Waals surface area (Å²) in [6.45, 7) is 7.70. The maximum Gasteiger partial charge on any atom is 0.251 e. The van der Waals surface area contributed by atoms with Crippen molar-refractivity contribution in [3.8, 4) is 0 Å². The molecule has 116 valence electrons. The van der Waals surface area contributed by atoms with Crippen molar-refractivity contribution >= 4 is 5.91 Å². The first kappa shape index (κ1) is 14.5. The molecule has 0 spiro atoms. The SMILES string of the molecule is Cc1noc(C(C)N2CCN(C(=O)C3CCCO3)CC2)n1. The Kier molecular flexibility index (Phi) is 4.21. The topological polar surface area (TPSA) is 71.7 Å². The van der Waals surface area contributed by atoms with E-state index >= 15 is 0 Å². The highest BCUT2D eigenvalue weighted by atomic mass is 16.5. The van der Waals surface area contributed by atoms with Gasteiger partial charge in [-0.1, -0.05) is 5.16 Å². The van der Waals surface area contributed by atoms with E-state index in [1.165, 1.54) is 0 Å². The minimum Gasteiger partial charge on any atom is -0.368 e. The minimum atomic E-state index is -0.215. The number of nitrogens with zero attached hydrogens (tertiary/aromatic N) is 4. The van der Waals surface area contributed by atoms with E-state index in [0.29, 0.717) is 18.3 Å². The number of piperazine rings is 1. The Morgan fingerprint density at radius 1 is 1.33 bits per heavy atom. The Hall–Kier alpha value is -1.47. The van der Waals surface area contributed by atoms with Crippen LogP contribution in [0.2, 0.25) is 0 Å². The van der Waals surface area contributed by atoms with E-state index in [9.17, 15) is 4.79 Å². The molecule has 2 saturated heterocycles. The summed E-state index contributed by atoms with van der Waals surface area (Å²) >= 11 is 0. The summed E-state index contributed by atoms with van der Waals surface area (Å²) < 4.78 is 10.7. The lowest BCUT2D eigenvalue weighted by molar-refractivity contribution is -0.143. The number of hydrogen-bond acceptors (Lipinski definition) is 6. The van der Waals surface area contributed by atoms with Gasteiger partial charge in [-0.2, -0.15) is 4.98 Å². The second-order valence-corrected chi connectivity index (χ2v) is 5.72. The van der Waals surface area contributed by atoms with Crippen molar-refractivity contribution in [3.63, 3.8) is 0 Å². The van der Waals surface area contributed by atoms with Gasteiger partial charge in [0.05, 0.1) is 6.04 Å². The summed E-state index contributed by atoms with van der Waals surface area (Å²) in [4.78, 5) is 20.8. The lowest BCUT2D eigenvalue weighted by Crippen LogP contribution is -2.51. The summed E-state index contributed by atoms with van der Waals surface area (Å²) in [6.07, 6.45) is 1.63. The van der Waals surface area contributed by atoms with Crippen molar-refractivity contribution in [3.05, 3.63) is 11.7 Å². The highest BCUT2D eigenvalue weighted by Crippen LogP contribution is 2.21. The van der Waals surface area contributed by atoms with Gasteiger partial charge in [0.25, 0.3) is 5.91 Å². The number of carbonyl (C=O) groups is 1. The Balaban J connectivity index is 1.53. The molecule has 0 radical (unpaired) electrons. The molecule has 0 bridgehead atoms. The van der Waals surface area contributed by atoms with Gasteiger partial charge in [0.15, 0.2) is 5.82 Å². The van der Waals surface area contributed by atoms with E-state index in [0.717, 1.165) is 39.0 Å². The molecule has 2 aliphatic rings. The summed E-state index contributed by atoms with van der Waals surface area (Å²) in [6, 6.07) is 0.0891. The monoisotopic (exact) mass is 294 g/mol. The average Bonchev–Trinajstić information content (AvgIpc) is 3.17. The Labute approximate surface area is 124 Å². The molecule has 1 aromatic rings. The molecule has 3 rings (SSSR count). The largest absolute Gasteiger partial charge is 0.368 e. The molecule has 0 saturated carbocycles. The van der Waals surface area contributed by atoms with Crippen LogP contribution >= 0.6 is 0 Å². The molecule has 21 heavy (non-hydrogen) atoms. The highest BCUT2D eigenvalue weighted by molar-refractivity contribution is 5.81. The molecule has 0 aliphatic carbocycles. The zero-order chi connectivity index (χ0) is 14.8. The highest BCUT2D eigenvalue weighted by Gasteiger charge is 2.32. The molecule has 2 unspecified atom stereocenters. The van der Waals surface area contributed by atoms with Gasteiger partial charge in [-0.25, -0.2) is 0 Å². The van der Waals surface area contributed by atoms with Gasteiger partial charge in [-0.05, 0) is 26.7 Å². The van der Waals surface area contributed by atoms with Crippen LogP contribution in [0.3, 0.4) is 0 Å². The van der Waals surface area contributed by atoms with Crippen LogP contribution in [0.4, 0.5) is 0 Å². The molecule has 2 fully saturated rings. The van der Waals surface area contributed by atoms with Crippen molar-refractivity contribution in [1.82, 2.24) is 19.9 Å². The minimum absolute atomic E-state index is 0.0891. The fourth-order valence-corrected chi connectivity index (χ4v) is 2.94. The maximum absolute atomic E-state index is 12.3. The third kappa shape index (κ3) is 3.08. The molecule has 1 aromatic heterocycles. The van der Waals surface area contributed by atoms with Gasteiger partial charge in [-0.15, -0.1) is 0 Å². The molecule has 0 aromatic carbocycles. The summed E-state index contributed by atoms with van der Waals surface area (Å²) in [5, 5.41) is 3.83. The molecular formula is C14H22N4O3. The van der Waals surface area contributed by atoms with Crippen LogP contribution in [-0.2, 0) is 9.53 Å². The smallest absolute Gasteiger partial charge is 0.251 e. The van der Waals surface area contributed by atoms with Crippen molar-refractivity contribution < 1.29 is 14.1 Å². The van der Waals surface area contributed by atoms with Crippen LogP contribution in [0.15, 0.2) is 4.52 Å². The van der Waals surface area contributed by atoms with Crippen LogP contribution in [-0.4, -0.2) is 64.7 Å². The van der Waals surface area contributed by atoms with Gasteiger partial charge in [0, 0.05) is 32.8 Å². The lowest BCUT2D eigenvalue weighted by atomic mass is 10.2. The fourth-order valence-electron chi connectivity index (χ4n) is 2.94. The number of ether oxygens (including phenoxy) is 1. The first-order chi connectivity index (χ1) is 10.1. The third-order valence-corrected chi connectivity index (χ3v) is 4.28. The van der Waals surface area contributed by atoms with Gasteiger partial charge >= 0.3 is 0 Å². The molecular weight excluding hydrogens is 272 g/mol. The second kappa shape index (κ2) is 6.11. The predicted octanol–water partition coefficient (Wildman–Crippen LogP) is 0.762. The quantitative estimate of drug-likeness (QED) is 0.819. The van der Waals surface area contributed by atoms with Crippen LogP contribution in [0, 0.1) is 6.92 Å². The van der Waals surface area contributed by atoms with Crippen molar-refractivity contribution in [2.75, 3.05) is 32.8 Å². The molecule has 0 N–H and O–H groups in total. The number of hydrogen-bond donors (Lipinski definition) is 0. The molecule has 2 atom stereocenters. The number of rotatable bonds is 3. The van der Waals surface area contributed by atoms with Crippen molar-refractivity contribution in [2.45, 2.75) is 38.8 Å². The number of aryl methyl sites for hydroxylation is 1. The summed E-state index contributed by atoms with van der Waals surface area (Å²) in [7, 11) is 0. The van der Waals surface area contributed by atoms with E-state index in [1.54, 1.807) is 0 Å². The van der Waals surface area contributed by atoms with Crippen molar-refractivity contribution in [1.29, 1.82) is 0 Å². The Morgan fingerprint density at radius 2 is 2.10 bits per heavy atom. The van der Waals surface area contributed by atoms with Crippen LogP contribution in [0.1, 0.15) is 37.5 Å². The normalized spacial score (nSPS) is 25.2. The maximum atomic E-state index is 12.3. The van der Waals surface area contributed by atoms with E-state index in [4.69, 9.17) is 9.26 Å². The first-order valence-electron chi connectivity index (χ1n) is 7.60. The number of aromatic nitrogens is 2. The third-order valence-electron chi connectivity index (χ3n) is 4.28. The fraction of sp³-hybridized carbons (Fsp3) is 0.786. The lowest BCUT2D eigenvalue weighted by Gasteiger charge is -2.37. The first-order valence-corrected chi connectivity index (χ1v) is 7.60. The van der Waals surface area contributed by atoms with Gasteiger partial charge in [0.1, 0.15) is 6.10 Å². The standard InChI is InChI=1S/C14H22N4O3/c1-10(13-15-11(2)16-21-13)17-5-7-18(8-6-17)14(19)12-4-3-9-20-12/h10,12H,3-9H2,1-2H3. The average molecular weight is 294 g/mol. The second-order valence-electron chi connectivity index (χ2n) is 5.72. The van der Waals surface area contributed by atoms with E-state index in [2.05, 4.69) is 22.0 Å². The predicted molar refractivity (Wildman–Crippen MR) is 74.6 cm³/mol. The van der Waals surface area contributed by atoms with Crippen molar-refractivity contribution in [2.24, 2.45) is 0 Å². The van der Waals surface area contributed by atoms with E-state index in [-0.39, 0.29) is 18.1 Å². The molecule has 7 heteroatoms. The van der Waals surface area contributed by atoms with Crippen LogP contribution in [0.5, 0.6) is 0 Å². The van der Waals surface area contributed by atoms with Gasteiger partial charge in [-0.3, -0.25) is 9.69 Å². The van der Waals surface area contributed by atoms with Gasteiger partial charge in [0.2, 0.25) is 5.89 Å². The Bertz CT molecular complexity index is 490. The molecule has 3 heterocycles.